The van der Waals surface area contributed by atoms with Crippen molar-refractivity contribution < 1.29 is 0 Å². The van der Waals surface area contributed by atoms with Crippen LogP contribution in [0, 0.1) is 10.8 Å². The maximum absolute atomic E-state index is 7.16. The third kappa shape index (κ3) is 3.50. The molecule has 0 spiro atoms. The molecule has 5 nitrogen and oxygen atoms in total. The van der Waals surface area contributed by atoms with E-state index in [2.05, 4.69) is 22.3 Å². The maximum atomic E-state index is 7.16. The third-order valence-electron chi connectivity index (χ3n) is 1.63. The zero-order chi connectivity index (χ0) is 9.68. The average Bonchev–Trinajstić information content (AvgIpc) is 2.95. The average molecular weight is 179 g/mol. The van der Waals surface area contributed by atoms with Crippen LogP contribution in [-0.4, -0.2) is 24.9 Å². The zero-order valence-electron chi connectivity index (χ0n) is 7.30. The second-order valence-corrected chi connectivity index (χ2v) is 2.82. The summed E-state index contributed by atoms with van der Waals surface area (Å²) in [6.45, 7) is 3.20. The molecule has 0 aromatic heterocycles. The lowest BCUT2D eigenvalue weighted by molar-refractivity contribution is 0.851. The van der Waals surface area contributed by atoms with E-state index >= 15 is 0 Å². The Morgan fingerprint density at radius 3 is 2.69 bits per heavy atom. The van der Waals surface area contributed by atoms with Gasteiger partial charge in [-0.05, 0) is 19.6 Å². The predicted molar refractivity (Wildman–Crippen MR) is 53.4 cm³/mol. The summed E-state index contributed by atoms with van der Waals surface area (Å²) in [6.07, 6.45) is 5.18. The van der Waals surface area contributed by atoms with Gasteiger partial charge in [0.2, 0.25) is 5.96 Å². The molecule has 0 bridgehead atoms. The zero-order valence-corrected chi connectivity index (χ0v) is 7.30. The molecule has 5 heteroatoms. The highest BCUT2D eigenvalue weighted by atomic mass is 15.1. The minimum absolute atomic E-state index is 0.0488. The van der Waals surface area contributed by atoms with Gasteiger partial charge in [0.1, 0.15) is 0 Å². The summed E-state index contributed by atoms with van der Waals surface area (Å²) in [5, 5.41) is 19.9. The first-order valence-electron chi connectivity index (χ1n) is 4.05. The fraction of sp³-hybridized carbons (Fsp3) is 0.375. The van der Waals surface area contributed by atoms with Crippen molar-refractivity contribution in [3.8, 4) is 0 Å². The van der Waals surface area contributed by atoms with Gasteiger partial charge in [-0.15, -0.1) is 0 Å². The first kappa shape index (κ1) is 9.44. The number of guanidine groups is 1. The molecule has 4 N–H and O–H groups in total. The number of aliphatic imine (C=N–C) groups is 1. The minimum Gasteiger partial charge on any atom is -0.386 e. The van der Waals surface area contributed by atoms with Gasteiger partial charge < -0.3 is 16.0 Å². The first-order chi connectivity index (χ1) is 6.26. The van der Waals surface area contributed by atoms with Gasteiger partial charge in [0.25, 0.3) is 0 Å². The van der Waals surface area contributed by atoms with Gasteiger partial charge in [0, 0.05) is 18.5 Å². The van der Waals surface area contributed by atoms with Crippen LogP contribution in [0.4, 0.5) is 0 Å². The molecular weight excluding hydrogens is 166 g/mol. The van der Waals surface area contributed by atoms with Gasteiger partial charge in [-0.3, -0.25) is 5.41 Å². The lowest BCUT2D eigenvalue weighted by Gasteiger charge is -2.03. The highest BCUT2D eigenvalue weighted by Gasteiger charge is 2.19. The molecule has 0 heterocycles. The lowest BCUT2D eigenvalue weighted by Crippen LogP contribution is -2.23. The van der Waals surface area contributed by atoms with Crippen molar-refractivity contribution in [1.29, 1.82) is 10.8 Å². The van der Waals surface area contributed by atoms with E-state index < -0.39 is 0 Å². The summed E-state index contributed by atoms with van der Waals surface area (Å²) in [5.41, 5.74) is 0.518. The number of nitrogens with one attached hydrogen (secondary N) is 4. The number of hydrogen-bond acceptors (Lipinski definition) is 3. The quantitative estimate of drug-likeness (QED) is 0.373. The van der Waals surface area contributed by atoms with Crippen LogP contribution in [0.15, 0.2) is 16.9 Å². The number of allylic oxidation sites excluding steroid dienone is 1. The van der Waals surface area contributed by atoms with E-state index in [9.17, 15) is 0 Å². The smallest absolute Gasteiger partial charge is 0.219 e. The SMILES string of the molecule is C=NC(=N)N/C(C=N)=C/NC1CC1. The van der Waals surface area contributed by atoms with Gasteiger partial charge in [-0.25, -0.2) is 4.99 Å². The molecule has 0 aromatic carbocycles. The highest BCUT2D eigenvalue weighted by Crippen LogP contribution is 2.18. The van der Waals surface area contributed by atoms with Crippen molar-refractivity contribution in [2.45, 2.75) is 18.9 Å². The molecule has 1 saturated carbocycles. The molecule has 0 atom stereocenters. The lowest BCUT2D eigenvalue weighted by atomic mass is 10.5. The molecule has 1 rings (SSSR count). The van der Waals surface area contributed by atoms with Gasteiger partial charge >= 0.3 is 0 Å². The molecule has 0 radical (unpaired) electrons. The summed E-state index contributed by atoms with van der Waals surface area (Å²) < 4.78 is 0. The summed E-state index contributed by atoms with van der Waals surface area (Å²) in [4.78, 5) is 3.37. The Balaban J connectivity index is 2.39. The number of hydrogen-bond donors (Lipinski definition) is 4. The highest BCUT2D eigenvalue weighted by molar-refractivity contribution is 5.89. The molecule has 0 amide bonds. The van der Waals surface area contributed by atoms with E-state index in [0.717, 1.165) is 6.21 Å². The summed E-state index contributed by atoms with van der Waals surface area (Å²) in [6, 6.07) is 0.544. The van der Waals surface area contributed by atoms with Gasteiger partial charge in [-0.2, -0.15) is 0 Å². The van der Waals surface area contributed by atoms with Crippen molar-refractivity contribution in [2.24, 2.45) is 4.99 Å². The number of nitrogens with zero attached hydrogens (tertiary/aromatic N) is 1. The third-order valence-corrected chi connectivity index (χ3v) is 1.63. The molecule has 70 valence electrons. The van der Waals surface area contributed by atoms with E-state index in [1.807, 2.05) is 0 Å². The Morgan fingerprint density at radius 1 is 1.54 bits per heavy atom. The largest absolute Gasteiger partial charge is 0.386 e. The van der Waals surface area contributed by atoms with E-state index in [1.165, 1.54) is 12.8 Å². The maximum Gasteiger partial charge on any atom is 0.219 e. The summed E-state index contributed by atoms with van der Waals surface area (Å²) >= 11 is 0. The molecule has 0 saturated heterocycles. The van der Waals surface area contributed by atoms with Gasteiger partial charge in [0.05, 0.1) is 5.70 Å². The van der Waals surface area contributed by atoms with E-state index in [0.29, 0.717) is 11.7 Å². The monoisotopic (exact) mass is 179 g/mol. The fourth-order valence-corrected chi connectivity index (χ4v) is 0.748. The van der Waals surface area contributed by atoms with Gasteiger partial charge in [-0.1, -0.05) is 0 Å². The van der Waals surface area contributed by atoms with Crippen LogP contribution in [0.5, 0.6) is 0 Å². The van der Waals surface area contributed by atoms with E-state index in [4.69, 9.17) is 10.8 Å². The van der Waals surface area contributed by atoms with E-state index in [-0.39, 0.29) is 5.96 Å². The second kappa shape index (κ2) is 4.39. The van der Waals surface area contributed by atoms with Crippen LogP contribution in [0.2, 0.25) is 0 Å². The van der Waals surface area contributed by atoms with Crippen LogP contribution in [0.3, 0.4) is 0 Å². The molecule has 1 fully saturated rings. The Bertz CT molecular complexity index is 251. The Kier molecular flexibility index (Phi) is 3.19. The Labute approximate surface area is 77.0 Å². The van der Waals surface area contributed by atoms with Crippen LogP contribution in [0.25, 0.3) is 0 Å². The van der Waals surface area contributed by atoms with E-state index in [1.54, 1.807) is 6.20 Å². The predicted octanol–water partition coefficient (Wildman–Crippen LogP) is 0.454. The molecule has 13 heavy (non-hydrogen) atoms. The molecule has 0 aromatic rings. The van der Waals surface area contributed by atoms with Crippen molar-refractivity contribution in [3.63, 3.8) is 0 Å². The van der Waals surface area contributed by atoms with Crippen molar-refractivity contribution in [3.05, 3.63) is 11.9 Å². The van der Waals surface area contributed by atoms with Crippen molar-refractivity contribution >= 4 is 18.9 Å². The molecule has 1 aliphatic rings. The molecular formula is C8H13N5. The Morgan fingerprint density at radius 2 is 2.23 bits per heavy atom. The van der Waals surface area contributed by atoms with Crippen LogP contribution < -0.4 is 10.6 Å². The summed E-state index contributed by atoms with van der Waals surface area (Å²) in [5.74, 6) is -0.0488. The normalized spacial score (nSPS) is 16.2. The van der Waals surface area contributed by atoms with Gasteiger partial charge in [0.15, 0.2) is 0 Å². The topological polar surface area (TPSA) is 84.1 Å². The van der Waals surface area contributed by atoms with Crippen molar-refractivity contribution in [1.82, 2.24) is 10.6 Å². The standard InChI is InChI=1S/C8H13N5/c1-11-8(10)13-7(4-9)5-12-6-2-3-6/h4-6,9,12H,1-3H2,(H2,10,13)/b7-5+,9-4?. The van der Waals surface area contributed by atoms with Crippen LogP contribution >= 0.6 is 0 Å². The molecule has 0 unspecified atom stereocenters. The fourth-order valence-electron chi connectivity index (χ4n) is 0.748. The first-order valence-corrected chi connectivity index (χ1v) is 4.05. The Hall–Kier alpha value is -1.65. The number of rotatable bonds is 4. The van der Waals surface area contributed by atoms with Crippen molar-refractivity contribution in [2.75, 3.05) is 0 Å². The molecule has 0 aliphatic heterocycles. The van der Waals surface area contributed by atoms with Crippen LogP contribution in [-0.2, 0) is 0 Å². The molecule has 1 aliphatic carbocycles. The second-order valence-electron chi connectivity index (χ2n) is 2.82. The summed E-state index contributed by atoms with van der Waals surface area (Å²) in [7, 11) is 0. The minimum atomic E-state index is -0.0488. The van der Waals surface area contributed by atoms with Crippen LogP contribution in [0.1, 0.15) is 12.8 Å².